The number of aromatic nitrogens is 1. The van der Waals surface area contributed by atoms with Crippen molar-refractivity contribution in [3.63, 3.8) is 0 Å². The van der Waals surface area contributed by atoms with Crippen LogP contribution in [0.15, 0.2) is 30.5 Å². The number of rotatable bonds is 7. The van der Waals surface area contributed by atoms with Crippen LogP contribution in [0.5, 0.6) is 0 Å². The molecule has 0 bridgehead atoms. The molecule has 1 aliphatic carbocycles. The Labute approximate surface area is 175 Å². The Kier molecular flexibility index (Phi) is 6.71. The fraction of sp³-hybridized carbons (Fsp3) is 0.640. The third-order valence-electron chi connectivity index (χ3n) is 7.34. The summed E-state index contributed by atoms with van der Waals surface area (Å²) in [6, 6.07) is 8.27. The van der Waals surface area contributed by atoms with Gasteiger partial charge < -0.3 is 14.2 Å². The number of likely N-dealkylation sites (tertiary alicyclic amines) is 1. The number of ketones is 1. The van der Waals surface area contributed by atoms with Crippen molar-refractivity contribution in [3.05, 3.63) is 36.0 Å². The smallest absolute Gasteiger partial charge is 0.161 e. The molecule has 4 nitrogen and oxygen atoms in total. The molecule has 2 aliphatic rings. The molecule has 1 aromatic heterocycles. The van der Waals surface area contributed by atoms with E-state index < -0.39 is 0 Å². The number of fused-ring (bicyclic) bond motifs is 1. The average molecular weight is 397 g/mol. The quantitative estimate of drug-likeness (QED) is 0.607. The molecular weight excluding hydrogens is 360 g/mol. The first-order chi connectivity index (χ1) is 14.2. The van der Waals surface area contributed by atoms with Crippen LogP contribution in [0.2, 0.25) is 0 Å². The number of carbonyl (C=O) groups is 1. The molecule has 0 spiro atoms. The summed E-state index contributed by atoms with van der Waals surface area (Å²) in [4.78, 5) is 14.6. The average Bonchev–Trinajstić information content (AvgIpc) is 3.13. The van der Waals surface area contributed by atoms with Gasteiger partial charge in [0.2, 0.25) is 0 Å². The Morgan fingerprint density at radius 2 is 1.83 bits per heavy atom. The molecule has 1 saturated heterocycles. The number of benzene rings is 1. The monoisotopic (exact) mass is 396 g/mol. The SMILES string of the molecule is CO[C@H]1CCCCC1C1CCN(CCCn2cc(C(C)=O)c3ccccc32)CC1. The second-order valence-corrected chi connectivity index (χ2v) is 9.06. The van der Waals surface area contributed by atoms with Crippen molar-refractivity contribution < 1.29 is 9.53 Å². The minimum absolute atomic E-state index is 0.152. The van der Waals surface area contributed by atoms with Gasteiger partial charge in [-0.15, -0.1) is 0 Å². The van der Waals surface area contributed by atoms with E-state index in [4.69, 9.17) is 4.74 Å². The van der Waals surface area contributed by atoms with Crippen LogP contribution < -0.4 is 0 Å². The first kappa shape index (κ1) is 20.6. The van der Waals surface area contributed by atoms with E-state index in [1.807, 2.05) is 19.4 Å². The number of aryl methyl sites for hydroxylation is 1. The molecule has 1 unspecified atom stereocenters. The minimum Gasteiger partial charge on any atom is -0.381 e. The standard InChI is InChI=1S/C25H36N2O2/c1-19(28)23-18-27(24-10-5-3-9-22(23)24)15-7-14-26-16-12-20(13-17-26)21-8-4-6-11-25(21)29-2/h3,5,9-10,18,20-21,25H,4,6-8,11-17H2,1-2H3/t21?,25-/m0/s1. The highest BCUT2D eigenvalue weighted by atomic mass is 16.5. The number of hydrogen-bond acceptors (Lipinski definition) is 3. The topological polar surface area (TPSA) is 34.5 Å². The van der Waals surface area contributed by atoms with Gasteiger partial charge in [0.05, 0.1) is 6.10 Å². The van der Waals surface area contributed by atoms with Gasteiger partial charge in [-0.05, 0) is 76.6 Å². The molecule has 1 saturated carbocycles. The van der Waals surface area contributed by atoms with Gasteiger partial charge >= 0.3 is 0 Å². The van der Waals surface area contributed by atoms with E-state index in [1.165, 1.54) is 57.1 Å². The number of piperidine rings is 1. The predicted molar refractivity (Wildman–Crippen MR) is 118 cm³/mol. The summed E-state index contributed by atoms with van der Waals surface area (Å²) >= 11 is 0. The lowest BCUT2D eigenvalue weighted by atomic mass is 9.74. The number of hydrogen-bond donors (Lipinski definition) is 0. The van der Waals surface area contributed by atoms with Crippen LogP contribution in [0.1, 0.15) is 62.2 Å². The minimum atomic E-state index is 0.152. The first-order valence-corrected chi connectivity index (χ1v) is 11.5. The summed E-state index contributed by atoms with van der Waals surface area (Å²) in [7, 11) is 1.90. The highest BCUT2D eigenvalue weighted by Crippen LogP contribution is 2.37. The molecule has 29 heavy (non-hydrogen) atoms. The first-order valence-electron chi connectivity index (χ1n) is 11.5. The summed E-state index contributed by atoms with van der Waals surface area (Å²) in [5, 5.41) is 1.08. The van der Waals surface area contributed by atoms with Gasteiger partial charge in [0, 0.05) is 36.3 Å². The Morgan fingerprint density at radius 1 is 1.07 bits per heavy atom. The highest BCUT2D eigenvalue weighted by molar-refractivity contribution is 6.06. The molecular formula is C25H36N2O2. The zero-order valence-electron chi connectivity index (χ0n) is 18.1. The van der Waals surface area contributed by atoms with Gasteiger partial charge in [-0.3, -0.25) is 4.79 Å². The molecule has 0 amide bonds. The largest absolute Gasteiger partial charge is 0.381 e. The van der Waals surface area contributed by atoms with Crippen molar-refractivity contribution >= 4 is 16.7 Å². The lowest BCUT2D eigenvalue weighted by molar-refractivity contribution is -0.0158. The van der Waals surface area contributed by atoms with E-state index in [0.29, 0.717) is 6.10 Å². The molecule has 2 aromatic rings. The predicted octanol–water partition coefficient (Wildman–Crippen LogP) is 5.15. The third kappa shape index (κ3) is 4.59. The molecule has 4 rings (SSSR count). The lowest BCUT2D eigenvalue weighted by Gasteiger charge is -2.41. The molecule has 1 aromatic carbocycles. The number of nitrogens with zero attached hydrogens (tertiary/aromatic N) is 2. The maximum Gasteiger partial charge on any atom is 0.161 e. The van der Waals surface area contributed by atoms with Gasteiger partial charge in [-0.25, -0.2) is 0 Å². The molecule has 2 fully saturated rings. The number of ether oxygens (including phenoxy) is 1. The van der Waals surface area contributed by atoms with Gasteiger partial charge in [0.25, 0.3) is 0 Å². The van der Waals surface area contributed by atoms with Crippen LogP contribution >= 0.6 is 0 Å². The number of methoxy groups -OCH3 is 1. The fourth-order valence-corrected chi connectivity index (χ4v) is 5.74. The van der Waals surface area contributed by atoms with Crippen LogP contribution in [-0.2, 0) is 11.3 Å². The van der Waals surface area contributed by atoms with Crippen molar-refractivity contribution in [2.75, 3.05) is 26.7 Å². The fourth-order valence-electron chi connectivity index (χ4n) is 5.74. The van der Waals surface area contributed by atoms with E-state index in [1.54, 1.807) is 6.92 Å². The van der Waals surface area contributed by atoms with Crippen molar-refractivity contribution in [1.29, 1.82) is 0 Å². The molecule has 4 heteroatoms. The van der Waals surface area contributed by atoms with Gasteiger partial charge in [0.15, 0.2) is 5.78 Å². The normalized spacial score (nSPS) is 24.2. The van der Waals surface area contributed by atoms with Crippen molar-refractivity contribution in [3.8, 4) is 0 Å². The van der Waals surface area contributed by atoms with Crippen molar-refractivity contribution in [2.24, 2.45) is 11.8 Å². The third-order valence-corrected chi connectivity index (χ3v) is 7.34. The molecule has 2 heterocycles. The zero-order chi connectivity index (χ0) is 20.2. The van der Waals surface area contributed by atoms with Crippen LogP contribution in [0.25, 0.3) is 10.9 Å². The summed E-state index contributed by atoms with van der Waals surface area (Å²) in [6.07, 6.45) is 11.7. The number of para-hydroxylation sites is 1. The van der Waals surface area contributed by atoms with Crippen LogP contribution in [0, 0.1) is 11.8 Å². The van der Waals surface area contributed by atoms with Crippen molar-refractivity contribution in [1.82, 2.24) is 9.47 Å². The Bertz CT molecular complexity index is 819. The van der Waals surface area contributed by atoms with Gasteiger partial charge in [0.1, 0.15) is 0 Å². The molecule has 0 N–H and O–H groups in total. The van der Waals surface area contributed by atoms with E-state index in [2.05, 4.69) is 27.7 Å². The van der Waals surface area contributed by atoms with Crippen molar-refractivity contribution in [2.45, 2.75) is 64.5 Å². The zero-order valence-corrected chi connectivity index (χ0v) is 18.1. The molecule has 1 aliphatic heterocycles. The number of Topliss-reactive ketones (excluding diaryl/α,β-unsaturated/α-hetero) is 1. The maximum atomic E-state index is 12.0. The lowest BCUT2D eigenvalue weighted by Crippen LogP contribution is -2.41. The van der Waals surface area contributed by atoms with Crippen LogP contribution in [0.4, 0.5) is 0 Å². The highest BCUT2D eigenvalue weighted by Gasteiger charge is 2.33. The number of carbonyl (C=O) groups excluding carboxylic acids is 1. The van der Waals surface area contributed by atoms with E-state index in [-0.39, 0.29) is 5.78 Å². The second kappa shape index (κ2) is 9.44. The van der Waals surface area contributed by atoms with Crippen LogP contribution in [0.3, 0.4) is 0 Å². The Morgan fingerprint density at radius 3 is 2.59 bits per heavy atom. The summed E-state index contributed by atoms with van der Waals surface area (Å²) in [5.74, 6) is 1.79. The summed E-state index contributed by atoms with van der Waals surface area (Å²) in [5.41, 5.74) is 2.03. The van der Waals surface area contributed by atoms with E-state index in [0.717, 1.165) is 42.3 Å². The second-order valence-electron chi connectivity index (χ2n) is 9.06. The van der Waals surface area contributed by atoms with Gasteiger partial charge in [-0.2, -0.15) is 0 Å². The van der Waals surface area contributed by atoms with E-state index >= 15 is 0 Å². The molecule has 158 valence electrons. The van der Waals surface area contributed by atoms with E-state index in [9.17, 15) is 4.79 Å². The Hall–Kier alpha value is -1.65. The molecule has 2 atom stereocenters. The summed E-state index contributed by atoms with van der Waals surface area (Å²) in [6.45, 7) is 6.23. The van der Waals surface area contributed by atoms with Crippen LogP contribution in [-0.4, -0.2) is 48.1 Å². The molecule has 0 radical (unpaired) electrons. The maximum absolute atomic E-state index is 12.0. The summed E-state index contributed by atoms with van der Waals surface area (Å²) < 4.78 is 8.08. The Balaban J connectivity index is 1.28. The van der Waals surface area contributed by atoms with Gasteiger partial charge in [-0.1, -0.05) is 31.0 Å².